The summed E-state index contributed by atoms with van der Waals surface area (Å²) in [5.41, 5.74) is 0.872. The van der Waals surface area contributed by atoms with Crippen LogP contribution in [0.25, 0.3) is 0 Å². The van der Waals surface area contributed by atoms with Gasteiger partial charge in [-0.2, -0.15) is 0 Å². The van der Waals surface area contributed by atoms with Gasteiger partial charge in [-0.1, -0.05) is 34.1 Å². The van der Waals surface area contributed by atoms with Crippen molar-refractivity contribution in [2.24, 2.45) is 5.92 Å². The molecule has 0 N–H and O–H groups in total. The summed E-state index contributed by atoms with van der Waals surface area (Å²) in [4.78, 5) is 23.1. The zero-order valence-corrected chi connectivity index (χ0v) is 15.7. The fourth-order valence-electron chi connectivity index (χ4n) is 3.59. The molecule has 2 heterocycles. The number of hydrogen-bond acceptors (Lipinski definition) is 5. The molecule has 5 atom stereocenters. The van der Waals surface area contributed by atoms with Crippen LogP contribution in [0.2, 0.25) is 0 Å². The lowest BCUT2D eigenvalue weighted by Gasteiger charge is -2.41. The standard InChI is InChI=1S/C19H32O5/c1-6-13-11-19(9-4,24-23-16(13)10-17(20)21-5)12-14(7-2)18-15(8-3)22-18/h12-13,15-16,18H,6-11H2,1-5H3/b14-12+/t13-,15?,16-,18?,19+/m0/s1. The zero-order valence-electron chi connectivity index (χ0n) is 15.7. The molecule has 0 aromatic heterocycles. The van der Waals surface area contributed by atoms with Crippen molar-refractivity contribution in [1.29, 1.82) is 0 Å². The highest BCUT2D eigenvalue weighted by Gasteiger charge is 2.45. The van der Waals surface area contributed by atoms with Crippen LogP contribution in [0.3, 0.4) is 0 Å². The van der Waals surface area contributed by atoms with E-state index in [1.807, 2.05) is 0 Å². The molecule has 0 aromatic rings. The maximum atomic E-state index is 11.6. The van der Waals surface area contributed by atoms with E-state index in [4.69, 9.17) is 19.2 Å². The number of rotatable bonds is 8. The SMILES string of the molecule is CC/C(=C\[C@@]1(CC)C[C@H](CC)[C@H](CC(=O)OC)OO1)C1OC1CC. The van der Waals surface area contributed by atoms with E-state index < -0.39 is 5.60 Å². The summed E-state index contributed by atoms with van der Waals surface area (Å²) < 4.78 is 10.5. The van der Waals surface area contributed by atoms with Crippen molar-refractivity contribution in [2.75, 3.05) is 7.11 Å². The summed E-state index contributed by atoms with van der Waals surface area (Å²) in [7, 11) is 1.40. The van der Waals surface area contributed by atoms with Crippen molar-refractivity contribution in [3.63, 3.8) is 0 Å². The molecule has 5 heteroatoms. The predicted molar refractivity (Wildman–Crippen MR) is 91.3 cm³/mol. The molecule has 0 aromatic carbocycles. The summed E-state index contributed by atoms with van der Waals surface area (Å²) in [6.07, 6.45) is 7.44. The van der Waals surface area contributed by atoms with Gasteiger partial charge in [-0.3, -0.25) is 4.79 Å². The van der Waals surface area contributed by atoms with Gasteiger partial charge in [0.15, 0.2) is 0 Å². The molecule has 0 saturated carbocycles. The van der Waals surface area contributed by atoms with E-state index in [1.54, 1.807) is 0 Å². The molecule has 2 aliphatic heterocycles. The first-order valence-electron chi connectivity index (χ1n) is 9.30. The van der Waals surface area contributed by atoms with E-state index in [0.29, 0.717) is 6.10 Å². The molecule has 2 aliphatic rings. The van der Waals surface area contributed by atoms with Crippen molar-refractivity contribution in [1.82, 2.24) is 0 Å². The van der Waals surface area contributed by atoms with E-state index in [9.17, 15) is 4.79 Å². The summed E-state index contributed by atoms with van der Waals surface area (Å²) >= 11 is 0. The van der Waals surface area contributed by atoms with E-state index in [-0.39, 0.29) is 30.5 Å². The lowest BCUT2D eigenvalue weighted by Crippen LogP contribution is -2.44. The summed E-state index contributed by atoms with van der Waals surface area (Å²) in [5.74, 6) is 0.0160. The largest absolute Gasteiger partial charge is 0.469 e. The Bertz CT molecular complexity index is 461. The summed E-state index contributed by atoms with van der Waals surface area (Å²) in [5, 5.41) is 0. The molecule has 0 spiro atoms. The van der Waals surface area contributed by atoms with Gasteiger partial charge in [0.2, 0.25) is 0 Å². The minimum Gasteiger partial charge on any atom is -0.469 e. The molecule has 0 aliphatic carbocycles. The number of esters is 1. The topological polar surface area (TPSA) is 57.3 Å². The van der Waals surface area contributed by atoms with Gasteiger partial charge in [0.1, 0.15) is 17.8 Å². The van der Waals surface area contributed by atoms with Crippen LogP contribution in [0.4, 0.5) is 0 Å². The second-order valence-electron chi connectivity index (χ2n) is 6.87. The van der Waals surface area contributed by atoms with Crippen LogP contribution in [0.5, 0.6) is 0 Å². The Balaban J connectivity index is 2.11. The smallest absolute Gasteiger partial charge is 0.308 e. The first-order valence-corrected chi connectivity index (χ1v) is 9.30. The van der Waals surface area contributed by atoms with Crippen LogP contribution < -0.4 is 0 Å². The van der Waals surface area contributed by atoms with Crippen LogP contribution in [-0.4, -0.2) is 37.0 Å². The van der Waals surface area contributed by atoms with Crippen molar-refractivity contribution in [2.45, 2.75) is 90.1 Å². The van der Waals surface area contributed by atoms with Gasteiger partial charge in [-0.15, -0.1) is 0 Å². The summed E-state index contributed by atoms with van der Waals surface area (Å²) in [6, 6.07) is 0. The van der Waals surface area contributed by atoms with Gasteiger partial charge in [0.25, 0.3) is 0 Å². The number of epoxide rings is 1. The van der Waals surface area contributed by atoms with Gasteiger partial charge in [-0.05, 0) is 43.3 Å². The number of carbonyl (C=O) groups is 1. The van der Waals surface area contributed by atoms with Gasteiger partial charge < -0.3 is 9.47 Å². The molecule has 2 rings (SSSR count). The molecule has 0 amide bonds. The maximum absolute atomic E-state index is 11.6. The Kier molecular flexibility index (Phi) is 6.84. The Morgan fingerprint density at radius 3 is 2.46 bits per heavy atom. The Morgan fingerprint density at radius 2 is 1.96 bits per heavy atom. The number of methoxy groups -OCH3 is 1. The predicted octanol–water partition coefficient (Wildman–Crippen LogP) is 3.96. The van der Waals surface area contributed by atoms with Gasteiger partial charge >= 0.3 is 5.97 Å². The average molecular weight is 340 g/mol. The van der Waals surface area contributed by atoms with Crippen LogP contribution >= 0.6 is 0 Å². The number of hydrogen-bond donors (Lipinski definition) is 0. The van der Waals surface area contributed by atoms with Crippen LogP contribution in [0, 0.1) is 5.92 Å². The summed E-state index contributed by atoms with van der Waals surface area (Å²) in [6.45, 7) is 8.56. The highest BCUT2D eigenvalue weighted by atomic mass is 17.2. The van der Waals surface area contributed by atoms with E-state index in [2.05, 4.69) is 33.8 Å². The van der Waals surface area contributed by atoms with E-state index >= 15 is 0 Å². The molecule has 2 fully saturated rings. The van der Waals surface area contributed by atoms with Gasteiger partial charge in [-0.25, -0.2) is 9.78 Å². The first-order chi connectivity index (χ1) is 11.5. The first kappa shape index (κ1) is 19.4. The van der Waals surface area contributed by atoms with E-state index in [0.717, 1.165) is 32.1 Å². The Hall–Kier alpha value is -0.910. The lowest BCUT2D eigenvalue weighted by atomic mass is 9.80. The number of carbonyl (C=O) groups excluding carboxylic acids is 1. The average Bonchev–Trinajstić information content (AvgIpc) is 3.40. The molecular formula is C19H32O5. The van der Waals surface area contributed by atoms with Crippen molar-refractivity contribution in [3.8, 4) is 0 Å². The molecule has 138 valence electrons. The van der Waals surface area contributed by atoms with Crippen LogP contribution in [0.15, 0.2) is 11.6 Å². The molecule has 5 nitrogen and oxygen atoms in total. The second kappa shape index (κ2) is 8.45. The molecule has 0 bridgehead atoms. The Morgan fingerprint density at radius 1 is 1.21 bits per heavy atom. The van der Waals surface area contributed by atoms with Crippen molar-refractivity contribution in [3.05, 3.63) is 11.6 Å². The molecule has 2 unspecified atom stereocenters. The molecular weight excluding hydrogens is 308 g/mol. The third-order valence-electron chi connectivity index (χ3n) is 5.40. The van der Waals surface area contributed by atoms with E-state index in [1.165, 1.54) is 12.7 Å². The molecule has 2 saturated heterocycles. The zero-order chi connectivity index (χ0) is 17.7. The normalized spacial score (nSPS) is 36.5. The van der Waals surface area contributed by atoms with Crippen molar-refractivity contribution < 1.29 is 24.0 Å². The highest BCUT2D eigenvalue weighted by Crippen LogP contribution is 2.41. The third kappa shape index (κ3) is 4.38. The third-order valence-corrected chi connectivity index (χ3v) is 5.40. The molecule has 0 radical (unpaired) electrons. The van der Waals surface area contributed by atoms with Gasteiger partial charge in [0, 0.05) is 0 Å². The number of ether oxygens (including phenoxy) is 2. The molecule has 24 heavy (non-hydrogen) atoms. The van der Waals surface area contributed by atoms with Crippen LogP contribution in [-0.2, 0) is 24.0 Å². The lowest BCUT2D eigenvalue weighted by molar-refractivity contribution is -0.409. The second-order valence-corrected chi connectivity index (χ2v) is 6.87. The van der Waals surface area contributed by atoms with Crippen LogP contribution in [0.1, 0.15) is 66.2 Å². The fourth-order valence-corrected chi connectivity index (χ4v) is 3.59. The monoisotopic (exact) mass is 340 g/mol. The quantitative estimate of drug-likeness (QED) is 0.290. The van der Waals surface area contributed by atoms with Gasteiger partial charge in [0.05, 0.1) is 19.6 Å². The minimum absolute atomic E-state index is 0.235. The highest BCUT2D eigenvalue weighted by molar-refractivity contribution is 5.69. The minimum atomic E-state index is -0.428. The van der Waals surface area contributed by atoms with Crippen molar-refractivity contribution >= 4 is 5.97 Å². The maximum Gasteiger partial charge on any atom is 0.308 e. The Labute approximate surface area is 145 Å². The fraction of sp³-hybridized carbons (Fsp3) is 0.842.